The van der Waals surface area contributed by atoms with Crippen molar-refractivity contribution in [3.8, 4) is 0 Å². The molecule has 0 saturated carbocycles. The SMILES string of the molecule is O=C1C=[C]C2=C3OC=CC=C3c3occc(=O)c3C2O1. The Balaban J connectivity index is 2.08. The molecule has 0 N–H and O–H groups in total. The summed E-state index contributed by atoms with van der Waals surface area (Å²) in [6.07, 6.45) is 9.49. The lowest BCUT2D eigenvalue weighted by molar-refractivity contribution is -0.142. The van der Waals surface area contributed by atoms with Gasteiger partial charge in [-0.25, -0.2) is 4.79 Å². The molecule has 0 saturated heterocycles. The van der Waals surface area contributed by atoms with E-state index in [1.165, 1.54) is 24.7 Å². The first-order valence-electron chi connectivity index (χ1n) is 5.96. The molecule has 0 aromatic carbocycles. The van der Waals surface area contributed by atoms with Gasteiger partial charge >= 0.3 is 5.97 Å². The molecule has 4 rings (SSSR count). The minimum atomic E-state index is -0.835. The van der Waals surface area contributed by atoms with E-state index in [0.717, 1.165) is 0 Å². The lowest BCUT2D eigenvalue weighted by Crippen LogP contribution is -2.28. The molecule has 1 unspecified atom stereocenters. The quantitative estimate of drug-likeness (QED) is 0.670. The first-order chi connectivity index (χ1) is 9.75. The molecule has 1 atom stereocenters. The van der Waals surface area contributed by atoms with E-state index in [-0.39, 0.29) is 5.43 Å². The Morgan fingerprint density at radius 2 is 2.15 bits per heavy atom. The fraction of sp³-hybridized carbons (Fsp3) is 0.0667. The molecular weight excluding hydrogens is 260 g/mol. The number of ether oxygens (including phenoxy) is 2. The van der Waals surface area contributed by atoms with Crippen LogP contribution < -0.4 is 5.43 Å². The van der Waals surface area contributed by atoms with Crippen LogP contribution in [0.15, 0.2) is 57.4 Å². The molecule has 0 fully saturated rings. The smallest absolute Gasteiger partial charge is 0.332 e. The standard InChI is InChI=1S/C15H7O5/c16-10-5-7-19-14-8-2-1-6-18-13(8)9-3-4-11(17)20-15(9)12(10)14/h1-2,4-7,15H. The van der Waals surface area contributed by atoms with E-state index in [1.807, 2.05) is 0 Å². The highest BCUT2D eigenvalue weighted by atomic mass is 16.5. The fourth-order valence-corrected chi connectivity index (χ4v) is 2.46. The third-order valence-corrected chi connectivity index (χ3v) is 3.28. The van der Waals surface area contributed by atoms with Gasteiger partial charge in [0.25, 0.3) is 0 Å². The first kappa shape index (κ1) is 11.0. The van der Waals surface area contributed by atoms with Crippen LogP contribution in [0.1, 0.15) is 17.4 Å². The summed E-state index contributed by atoms with van der Waals surface area (Å²) in [4.78, 5) is 23.5. The fourth-order valence-electron chi connectivity index (χ4n) is 2.46. The summed E-state index contributed by atoms with van der Waals surface area (Å²) in [5.41, 5.74) is 1.21. The summed E-state index contributed by atoms with van der Waals surface area (Å²) in [6.45, 7) is 0. The van der Waals surface area contributed by atoms with Crippen LogP contribution in [0.25, 0.3) is 5.57 Å². The molecular formula is C15H7O5. The second-order valence-electron chi connectivity index (χ2n) is 4.40. The van der Waals surface area contributed by atoms with E-state index in [2.05, 4.69) is 6.08 Å². The van der Waals surface area contributed by atoms with Gasteiger partial charge in [0.05, 0.1) is 23.7 Å². The molecule has 3 aliphatic rings. The Morgan fingerprint density at radius 3 is 3.05 bits per heavy atom. The average Bonchev–Trinajstić information content (AvgIpc) is 2.47. The van der Waals surface area contributed by atoms with Crippen molar-refractivity contribution >= 4 is 11.5 Å². The van der Waals surface area contributed by atoms with Crippen LogP contribution in [0.2, 0.25) is 0 Å². The summed E-state index contributed by atoms with van der Waals surface area (Å²) >= 11 is 0. The second-order valence-corrected chi connectivity index (χ2v) is 4.40. The zero-order valence-corrected chi connectivity index (χ0v) is 10.1. The van der Waals surface area contributed by atoms with E-state index in [9.17, 15) is 9.59 Å². The van der Waals surface area contributed by atoms with Crippen LogP contribution in [0.4, 0.5) is 0 Å². The van der Waals surface area contributed by atoms with Gasteiger partial charge in [0, 0.05) is 23.8 Å². The maximum Gasteiger partial charge on any atom is 0.332 e. The summed E-state index contributed by atoms with van der Waals surface area (Å²) in [5.74, 6) is 0.303. The Bertz CT molecular complexity index is 804. The predicted molar refractivity (Wildman–Crippen MR) is 66.9 cm³/mol. The van der Waals surface area contributed by atoms with Crippen molar-refractivity contribution in [3.05, 3.63) is 75.8 Å². The lowest BCUT2D eigenvalue weighted by Gasteiger charge is -2.30. The van der Waals surface area contributed by atoms with Crippen molar-refractivity contribution in [2.24, 2.45) is 0 Å². The highest BCUT2D eigenvalue weighted by Crippen LogP contribution is 2.44. The number of hydrogen-bond acceptors (Lipinski definition) is 5. The lowest BCUT2D eigenvalue weighted by atomic mass is 9.86. The van der Waals surface area contributed by atoms with Gasteiger partial charge in [0.2, 0.25) is 0 Å². The van der Waals surface area contributed by atoms with Gasteiger partial charge in [-0.1, -0.05) is 0 Å². The number of allylic oxidation sites excluding steroid dienone is 3. The minimum absolute atomic E-state index is 0.250. The maximum absolute atomic E-state index is 12.1. The van der Waals surface area contributed by atoms with E-state index >= 15 is 0 Å². The molecule has 5 nitrogen and oxygen atoms in total. The predicted octanol–water partition coefficient (Wildman–Crippen LogP) is 1.79. The van der Waals surface area contributed by atoms with Crippen LogP contribution in [0.3, 0.4) is 0 Å². The van der Waals surface area contributed by atoms with Crippen LogP contribution in [0.5, 0.6) is 0 Å². The second kappa shape index (κ2) is 3.84. The summed E-state index contributed by atoms with van der Waals surface area (Å²) in [7, 11) is 0. The Morgan fingerprint density at radius 1 is 1.25 bits per heavy atom. The molecule has 1 aromatic rings. The van der Waals surface area contributed by atoms with Crippen LogP contribution in [-0.2, 0) is 14.3 Å². The van der Waals surface area contributed by atoms with Crippen molar-refractivity contribution in [1.82, 2.24) is 0 Å². The number of hydrogen-bond donors (Lipinski definition) is 0. The highest BCUT2D eigenvalue weighted by molar-refractivity contribution is 5.88. The average molecular weight is 267 g/mol. The Kier molecular flexibility index (Phi) is 2.12. The van der Waals surface area contributed by atoms with Gasteiger partial charge < -0.3 is 13.9 Å². The van der Waals surface area contributed by atoms with E-state index in [1.54, 1.807) is 12.2 Å². The van der Waals surface area contributed by atoms with E-state index < -0.39 is 12.1 Å². The third-order valence-electron chi connectivity index (χ3n) is 3.28. The van der Waals surface area contributed by atoms with Crippen molar-refractivity contribution in [2.75, 3.05) is 0 Å². The molecule has 1 aliphatic carbocycles. The van der Waals surface area contributed by atoms with Crippen molar-refractivity contribution < 1.29 is 18.7 Å². The third kappa shape index (κ3) is 1.37. The van der Waals surface area contributed by atoms with E-state index in [0.29, 0.717) is 28.2 Å². The summed E-state index contributed by atoms with van der Waals surface area (Å²) in [6, 6.07) is 1.30. The van der Waals surface area contributed by atoms with Crippen molar-refractivity contribution in [2.45, 2.75) is 6.10 Å². The zero-order chi connectivity index (χ0) is 13.7. The van der Waals surface area contributed by atoms with Gasteiger partial charge in [-0.2, -0.15) is 0 Å². The zero-order valence-electron chi connectivity index (χ0n) is 10.1. The first-order valence-corrected chi connectivity index (χ1v) is 5.96. The molecule has 5 heteroatoms. The van der Waals surface area contributed by atoms with Crippen molar-refractivity contribution in [3.63, 3.8) is 0 Å². The minimum Gasteiger partial charge on any atom is -0.464 e. The molecule has 1 aromatic heterocycles. The number of carbonyl (C=O) groups is 1. The monoisotopic (exact) mass is 267 g/mol. The highest BCUT2D eigenvalue weighted by Gasteiger charge is 2.39. The van der Waals surface area contributed by atoms with E-state index in [4.69, 9.17) is 13.9 Å². The van der Waals surface area contributed by atoms with Gasteiger partial charge in [0.15, 0.2) is 11.5 Å². The molecule has 0 amide bonds. The normalized spacial score (nSPS) is 22.3. The number of rotatable bonds is 0. The van der Waals surface area contributed by atoms with Crippen LogP contribution >= 0.6 is 0 Å². The molecule has 3 heterocycles. The van der Waals surface area contributed by atoms with Gasteiger partial charge in [-0.15, -0.1) is 0 Å². The largest absolute Gasteiger partial charge is 0.464 e. The summed E-state index contributed by atoms with van der Waals surface area (Å²) in [5, 5.41) is 0. The molecule has 97 valence electrons. The molecule has 0 bridgehead atoms. The van der Waals surface area contributed by atoms with Gasteiger partial charge in [-0.05, 0) is 12.2 Å². The van der Waals surface area contributed by atoms with Crippen LogP contribution in [-0.4, -0.2) is 5.97 Å². The molecule has 20 heavy (non-hydrogen) atoms. The Hall–Kier alpha value is -2.82. The number of esters is 1. The maximum atomic E-state index is 12.1. The molecule has 0 spiro atoms. The van der Waals surface area contributed by atoms with Gasteiger partial charge in [0.1, 0.15) is 11.5 Å². The van der Waals surface area contributed by atoms with Crippen LogP contribution in [0, 0.1) is 6.08 Å². The number of fused-ring (bicyclic) bond motifs is 5. The molecule has 2 aliphatic heterocycles. The topological polar surface area (TPSA) is 65.7 Å². The summed E-state index contributed by atoms with van der Waals surface area (Å²) < 4.78 is 16.2. The number of carbonyl (C=O) groups excluding carboxylic acids is 1. The Labute approximate surface area is 113 Å². The van der Waals surface area contributed by atoms with Crippen molar-refractivity contribution in [1.29, 1.82) is 0 Å². The van der Waals surface area contributed by atoms with Gasteiger partial charge in [-0.3, -0.25) is 4.79 Å². The molecule has 1 radical (unpaired) electrons.